The number of nitrogens with zero attached hydrogens (tertiary/aromatic N) is 4. The van der Waals surface area contributed by atoms with Crippen molar-refractivity contribution in [2.24, 2.45) is 9.74 Å². The molecule has 6 rings (SSSR count). The Morgan fingerprint density at radius 1 is 0.605 bits per heavy atom. The quantitative estimate of drug-likeness (QED) is 0.141. The molecule has 0 saturated heterocycles. The van der Waals surface area contributed by atoms with Crippen molar-refractivity contribution in [2.45, 2.75) is 6.54 Å². The van der Waals surface area contributed by atoms with E-state index < -0.39 is 7.05 Å². The highest BCUT2D eigenvalue weighted by Gasteiger charge is 2.19. The van der Waals surface area contributed by atoms with Crippen LogP contribution in [0.25, 0.3) is 21.9 Å². The normalized spacial score (nSPS) is 11.5. The molecule has 0 N–H and O–H groups in total. The van der Waals surface area contributed by atoms with Gasteiger partial charge in [0.2, 0.25) is 0 Å². The predicted octanol–water partition coefficient (Wildman–Crippen LogP) is 7.93. The van der Waals surface area contributed by atoms with E-state index in [1.54, 1.807) is 0 Å². The number of hydrogen-bond acceptors (Lipinski definition) is 5. The maximum absolute atomic E-state index is 6.48. The molecule has 216 valence electrons. The van der Waals surface area contributed by atoms with Gasteiger partial charge in [-0.05, 0) is 53.2 Å². The lowest BCUT2D eigenvalue weighted by atomic mass is 10.1. The Balaban J connectivity index is 1.54. The molecular weight excluding hydrogens is 547 g/mol. The van der Waals surface area contributed by atoms with Crippen molar-refractivity contribution in [1.29, 1.82) is 0 Å². The summed E-state index contributed by atoms with van der Waals surface area (Å²) >= 11 is 0. The molecule has 0 aliphatic heterocycles. The lowest BCUT2D eigenvalue weighted by molar-refractivity contribution is 0.659. The van der Waals surface area contributed by atoms with Crippen molar-refractivity contribution in [1.82, 2.24) is 0 Å². The summed E-state index contributed by atoms with van der Waals surface area (Å²) in [5, 5.41) is 5.43. The van der Waals surface area contributed by atoms with Crippen LogP contribution < -0.4 is 25.8 Å². The number of anilines is 2. The maximum atomic E-state index is 6.48. The second-order valence-electron chi connectivity index (χ2n) is 11.3. The molecule has 5 aromatic carbocycles. The summed E-state index contributed by atoms with van der Waals surface area (Å²) in [6, 6.07) is 42.4. The lowest BCUT2D eigenvalue weighted by Gasteiger charge is -2.22. The lowest BCUT2D eigenvalue weighted by Crippen LogP contribution is -2.15. The fourth-order valence-corrected chi connectivity index (χ4v) is 8.06. The van der Waals surface area contributed by atoms with Crippen LogP contribution in [0, 0.1) is 0 Å². The summed E-state index contributed by atoms with van der Waals surface area (Å²) in [6.07, 6.45) is 0. The van der Waals surface area contributed by atoms with Crippen LogP contribution in [0.5, 0.6) is 0 Å². The van der Waals surface area contributed by atoms with E-state index in [0.29, 0.717) is 6.54 Å². The number of hydrogen-bond donors (Lipinski definition) is 0. The molecule has 43 heavy (non-hydrogen) atoms. The summed E-state index contributed by atoms with van der Waals surface area (Å²) in [4.78, 5) is 9.46. The summed E-state index contributed by atoms with van der Waals surface area (Å²) in [6.45, 7) is 2.80. The average Bonchev–Trinajstić information content (AvgIpc) is 3.03. The largest absolute Gasteiger partial charge is 0.456 e. The molecule has 1 aromatic heterocycles. The van der Waals surface area contributed by atoms with Crippen molar-refractivity contribution < 1.29 is 4.42 Å². The van der Waals surface area contributed by atoms with E-state index in [1.807, 2.05) is 28.2 Å². The SMILES string of the molecule is CN(C)c1ccc2c(=NCc3ccccc3N=P(C)(c3ccccc3)c3ccccc3)c3ccc(N(C)C)cc3oc2c1. The van der Waals surface area contributed by atoms with Crippen LogP contribution >= 0.6 is 7.05 Å². The van der Waals surface area contributed by atoms with Gasteiger partial charge in [-0.1, -0.05) is 78.9 Å². The van der Waals surface area contributed by atoms with Crippen LogP contribution in [0.4, 0.5) is 17.1 Å². The van der Waals surface area contributed by atoms with Crippen LogP contribution in [-0.2, 0) is 6.54 Å². The minimum absolute atomic E-state index is 0.502. The highest BCUT2D eigenvalue weighted by molar-refractivity contribution is 7.80. The first-order chi connectivity index (χ1) is 20.8. The zero-order valence-electron chi connectivity index (χ0n) is 25.4. The Kier molecular flexibility index (Phi) is 7.92. The predicted molar refractivity (Wildman–Crippen MR) is 185 cm³/mol. The third-order valence-electron chi connectivity index (χ3n) is 7.92. The molecule has 0 amide bonds. The molecule has 0 saturated carbocycles. The fraction of sp³-hybridized carbons (Fsp3) is 0.162. The van der Waals surface area contributed by atoms with Gasteiger partial charge in [-0.3, -0.25) is 9.74 Å². The Labute approximate surface area is 253 Å². The molecule has 0 spiro atoms. The van der Waals surface area contributed by atoms with Crippen LogP contribution in [0.3, 0.4) is 0 Å². The summed E-state index contributed by atoms with van der Waals surface area (Å²) in [7, 11) is 6.10. The monoisotopic (exact) mass is 584 g/mol. The Bertz CT molecular complexity index is 1920. The topological polar surface area (TPSA) is 44.3 Å². The maximum Gasteiger partial charge on any atom is 0.138 e. The van der Waals surface area contributed by atoms with Gasteiger partial charge >= 0.3 is 0 Å². The second-order valence-corrected chi connectivity index (χ2v) is 14.4. The standard InChI is InChI=1S/C37H37N4OP/c1-40(2)28-20-22-32-35(24-28)42-36-25-29(41(3)4)21-23-33(36)37(32)38-26-27-14-12-13-19-34(27)39-43(5,30-15-8-6-9-16-30)31-17-10-7-11-18-31/h6-25H,26H2,1-5H3. The average molecular weight is 585 g/mol. The Morgan fingerprint density at radius 3 is 1.60 bits per heavy atom. The molecule has 6 aromatic rings. The Morgan fingerprint density at radius 2 is 1.09 bits per heavy atom. The fourth-order valence-electron chi connectivity index (χ4n) is 5.40. The minimum atomic E-state index is -2.07. The van der Waals surface area contributed by atoms with E-state index in [4.69, 9.17) is 14.2 Å². The highest BCUT2D eigenvalue weighted by Crippen LogP contribution is 2.47. The molecule has 0 atom stereocenters. The first-order valence-electron chi connectivity index (χ1n) is 14.5. The molecule has 0 aliphatic carbocycles. The van der Waals surface area contributed by atoms with Gasteiger partial charge in [0, 0.05) is 69.5 Å². The van der Waals surface area contributed by atoms with E-state index in [2.05, 4.69) is 138 Å². The third-order valence-corrected chi connectivity index (χ3v) is 11.1. The zero-order valence-corrected chi connectivity index (χ0v) is 26.3. The Hall–Kier alpha value is -4.60. The zero-order chi connectivity index (χ0) is 30.0. The van der Waals surface area contributed by atoms with Gasteiger partial charge in [-0.25, -0.2) is 0 Å². The van der Waals surface area contributed by atoms with E-state index in [-0.39, 0.29) is 0 Å². The molecule has 0 bridgehead atoms. The summed E-state index contributed by atoms with van der Waals surface area (Å²) in [5.74, 6) is 0. The molecule has 6 heteroatoms. The van der Waals surface area contributed by atoms with Gasteiger partial charge in [0.15, 0.2) is 0 Å². The van der Waals surface area contributed by atoms with Crippen molar-refractivity contribution in [3.8, 4) is 0 Å². The van der Waals surface area contributed by atoms with E-state index in [1.165, 1.54) is 10.6 Å². The van der Waals surface area contributed by atoms with Gasteiger partial charge in [-0.15, -0.1) is 0 Å². The van der Waals surface area contributed by atoms with Gasteiger partial charge in [0.05, 0.1) is 17.6 Å². The van der Waals surface area contributed by atoms with Crippen LogP contribution in [-0.4, -0.2) is 34.9 Å². The van der Waals surface area contributed by atoms with E-state index >= 15 is 0 Å². The van der Waals surface area contributed by atoms with Crippen LogP contribution in [0.1, 0.15) is 5.56 Å². The first-order valence-corrected chi connectivity index (χ1v) is 16.7. The van der Waals surface area contributed by atoms with Gasteiger partial charge in [0.25, 0.3) is 0 Å². The van der Waals surface area contributed by atoms with Crippen molar-refractivity contribution in [3.63, 3.8) is 0 Å². The second kappa shape index (κ2) is 11.9. The summed E-state index contributed by atoms with van der Waals surface area (Å²) < 4.78 is 12.0. The smallest absolute Gasteiger partial charge is 0.138 e. The van der Waals surface area contributed by atoms with Crippen molar-refractivity contribution in [2.75, 3.05) is 44.7 Å². The van der Waals surface area contributed by atoms with Gasteiger partial charge in [0.1, 0.15) is 11.2 Å². The first kappa shape index (κ1) is 28.5. The van der Waals surface area contributed by atoms with E-state index in [9.17, 15) is 0 Å². The molecule has 0 radical (unpaired) electrons. The number of fused-ring (bicyclic) bond motifs is 2. The van der Waals surface area contributed by atoms with Gasteiger partial charge < -0.3 is 14.2 Å². The van der Waals surface area contributed by atoms with E-state index in [0.717, 1.165) is 49.9 Å². The van der Waals surface area contributed by atoms with Crippen LogP contribution in [0.15, 0.2) is 135 Å². The molecule has 5 nitrogen and oxygen atoms in total. The summed E-state index contributed by atoms with van der Waals surface area (Å²) in [5.41, 5.74) is 5.88. The molecule has 0 unspecified atom stereocenters. The molecule has 1 heterocycles. The highest BCUT2D eigenvalue weighted by atomic mass is 31.2. The third kappa shape index (κ3) is 5.74. The number of rotatable bonds is 7. The van der Waals surface area contributed by atoms with Gasteiger partial charge in [-0.2, -0.15) is 0 Å². The molecular formula is C37H37N4OP. The van der Waals surface area contributed by atoms with Crippen LogP contribution in [0.2, 0.25) is 0 Å². The van der Waals surface area contributed by atoms with Crippen molar-refractivity contribution >= 4 is 56.7 Å². The van der Waals surface area contributed by atoms with Crippen molar-refractivity contribution in [3.05, 3.63) is 132 Å². The molecule has 0 aliphatic rings. The number of benzene rings is 5. The molecule has 0 fully saturated rings. The minimum Gasteiger partial charge on any atom is -0.456 e.